The molecule has 3 nitrogen and oxygen atoms in total. The van der Waals surface area contributed by atoms with Crippen molar-refractivity contribution < 1.29 is 9.53 Å². The minimum absolute atomic E-state index is 0.0699. The summed E-state index contributed by atoms with van der Waals surface area (Å²) < 4.78 is 5.27. The summed E-state index contributed by atoms with van der Waals surface area (Å²) in [6, 6.07) is 9.12. The monoisotopic (exact) mass is 219 g/mol. The lowest BCUT2D eigenvalue weighted by molar-refractivity contribution is 0.0927. The molecule has 0 heterocycles. The topological polar surface area (TPSA) is 38.3 Å². The molecule has 0 aliphatic rings. The first kappa shape index (κ1) is 12.5. The maximum atomic E-state index is 11.6. The Kier molecular flexibility index (Phi) is 5.29. The summed E-state index contributed by atoms with van der Waals surface area (Å²) in [5.41, 5.74) is 1.65. The van der Waals surface area contributed by atoms with Crippen LogP contribution in [-0.2, 0) is 4.74 Å². The molecule has 3 heteroatoms. The predicted molar refractivity (Wildman–Crippen MR) is 64.4 cm³/mol. The number of amides is 1. The molecule has 0 aromatic heterocycles. The first-order chi connectivity index (χ1) is 7.70. The van der Waals surface area contributed by atoms with Gasteiger partial charge in [0.1, 0.15) is 0 Å². The molecule has 0 radical (unpaired) electrons. The van der Waals surface area contributed by atoms with E-state index in [1.165, 1.54) is 0 Å². The summed E-state index contributed by atoms with van der Waals surface area (Å²) in [6.07, 6.45) is 0. The number of carbonyl (C=O) groups is 1. The van der Waals surface area contributed by atoms with Gasteiger partial charge in [0.15, 0.2) is 0 Å². The maximum absolute atomic E-state index is 11.6. The Morgan fingerprint density at radius 3 is 2.69 bits per heavy atom. The molecule has 0 bridgehead atoms. The van der Waals surface area contributed by atoms with Gasteiger partial charge in [-0.3, -0.25) is 4.79 Å². The average molecular weight is 219 g/mol. The van der Waals surface area contributed by atoms with Gasteiger partial charge in [-0.1, -0.05) is 30.4 Å². The largest absolute Gasteiger partial charge is 0.375 e. The Balaban J connectivity index is 2.19. The molecule has 1 aromatic rings. The number of rotatable bonds is 6. The number of hydrogen-bond acceptors (Lipinski definition) is 2. The maximum Gasteiger partial charge on any atom is 0.251 e. The number of ether oxygens (including phenoxy) is 1. The Morgan fingerprint density at radius 1 is 1.38 bits per heavy atom. The van der Waals surface area contributed by atoms with Gasteiger partial charge in [-0.2, -0.15) is 0 Å². The molecule has 0 atom stereocenters. The SMILES string of the molecule is C=C(C)COCCNC(=O)c1ccccc1. The first-order valence-corrected chi connectivity index (χ1v) is 5.25. The van der Waals surface area contributed by atoms with Gasteiger partial charge in [0.25, 0.3) is 5.91 Å². The summed E-state index contributed by atoms with van der Waals surface area (Å²) in [5.74, 6) is -0.0699. The van der Waals surface area contributed by atoms with Crippen LogP contribution >= 0.6 is 0 Å². The van der Waals surface area contributed by atoms with Crippen LogP contribution in [-0.4, -0.2) is 25.7 Å². The third-order valence-corrected chi connectivity index (χ3v) is 1.92. The van der Waals surface area contributed by atoms with E-state index in [0.717, 1.165) is 5.57 Å². The second-order valence-corrected chi connectivity index (χ2v) is 3.63. The lowest BCUT2D eigenvalue weighted by atomic mass is 10.2. The van der Waals surface area contributed by atoms with Crippen molar-refractivity contribution in [2.75, 3.05) is 19.8 Å². The Hall–Kier alpha value is -1.61. The highest BCUT2D eigenvalue weighted by atomic mass is 16.5. The van der Waals surface area contributed by atoms with Gasteiger partial charge in [0.05, 0.1) is 13.2 Å². The highest BCUT2D eigenvalue weighted by Crippen LogP contribution is 1.97. The number of carbonyl (C=O) groups excluding carboxylic acids is 1. The van der Waals surface area contributed by atoms with Crippen molar-refractivity contribution in [2.24, 2.45) is 0 Å². The number of hydrogen-bond donors (Lipinski definition) is 1. The molecular formula is C13H17NO2. The van der Waals surface area contributed by atoms with E-state index >= 15 is 0 Å². The number of nitrogens with one attached hydrogen (secondary N) is 1. The smallest absolute Gasteiger partial charge is 0.251 e. The predicted octanol–water partition coefficient (Wildman–Crippen LogP) is 2.01. The molecule has 0 saturated heterocycles. The Bertz CT molecular complexity index is 346. The molecule has 0 fully saturated rings. The van der Waals surface area contributed by atoms with Crippen molar-refractivity contribution in [1.82, 2.24) is 5.32 Å². The fourth-order valence-electron chi connectivity index (χ4n) is 1.17. The number of benzene rings is 1. The summed E-state index contributed by atoms with van der Waals surface area (Å²) in [6.45, 7) is 7.19. The van der Waals surface area contributed by atoms with Crippen molar-refractivity contribution in [3.63, 3.8) is 0 Å². The van der Waals surface area contributed by atoms with Crippen molar-refractivity contribution in [1.29, 1.82) is 0 Å². The van der Waals surface area contributed by atoms with Gasteiger partial charge in [-0.15, -0.1) is 0 Å². The quantitative estimate of drug-likeness (QED) is 0.587. The molecule has 1 rings (SSSR count). The van der Waals surface area contributed by atoms with Crippen molar-refractivity contribution in [3.8, 4) is 0 Å². The zero-order chi connectivity index (χ0) is 11.8. The molecule has 0 saturated carbocycles. The van der Waals surface area contributed by atoms with Crippen LogP contribution in [0.15, 0.2) is 42.5 Å². The van der Waals surface area contributed by atoms with E-state index in [1.807, 2.05) is 25.1 Å². The highest BCUT2D eigenvalue weighted by molar-refractivity contribution is 5.94. The van der Waals surface area contributed by atoms with E-state index in [1.54, 1.807) is 12.1 Å². The molecule has 16 heavy (non-hydrogen) atoms. The summed E-state index contributed by atoms with van der Waals surface area (Å²) in [4.78, 5) is 11.6. The fourth-order valence-corrected chi connectivity index (χ4v) is 1.17. The second kappa shape index (κ2) is 6.80. The van der Waals surface area contributed by atoms with E-state index < -0.39 is 0 Å². The third-order valence-electron chi connectivity index (χ3n) is 1.92. The van der Waals surface area contributed by atoms with Crippen LogP contribution in [0.25, 0.3) is 0 Å². The van der Waals surface area contributed by atoms with E-state index in [0.29, 0.717) is 25.3 Å². The van der Waals surface area contributed by atoms with E-state index in [4.69, 9.17) is 4.74 Å². The molecule has 0 unspecified atom stereocenters. The third kappa shape index (κ3) is 4.75. The van der Waals surface area contributed by atoms with Gasteiger partial charge in [0.2, 0.25) is 0 Å². The van der Waals surface area contributed by atoms with E-state index in [9.17, 15) is 4.79 Å². The molecule has 1 aromatic carbocycles. The van der Waals surface area contributed by atoms with Crippen molar-refractivity contribution >= 4 is 5.91 Å². The summed E-state index contributed by atoms with van der Waals surface area (Å²) >= 11 is 0. The van der Waals surface area contributed by atoms with Gasteiger partial charge in [-0.25, -0.2) is 0 Å². The minimum atomic E-state index is -0.0699. The minimum Gasteiger partial charge on any atom is -0.375 e. The molecule has 0 spiro atoms. The Labute approximate surface area is 96.1 Å². The van der Waals surface area contributed by atoms with Crippen LogP contribution in [0.3, 0.4) is 0 Å². The molecular weight excluding hydrogens is 202 g/mol. The van der Waals surface area contributed by atoms with Gasteiger partial charge in [-0.05, 0) is 19.1 Å². The summed E-state index contributed by atoms with van der Waals surface area (Å²) in [7, 11) is 0. The van der Waals surface area contributed by atoms with Crippen LogP contribution in [0.2, 0.25) is 0 Å². The second-order valence-electron chi connectivity index (χ2n) is 3.63. The van der Waals surface area contributed by atoms with Crippen LogP contribution in [0.1, 0.15) is 17.3 Å². The normalized spacial score (nSPS) is 9.81. The summed E-state index contributed by atoms with van der Waals surface area (Å²) in [5, 5.41) is 2.78. The van der Waals surface area contributed by atoms with Crippen molar-refractivity contribution in [3.05, 3.63) is 48.0 Å². The van der Waals surface area contributed by atoms with Crippen LogP contribution in [0.5, 0.6) is 0 Å². The highest BCUT2D eigenvalue weighted by Gasteiger charge is 2.02. The molecule has 0 aliphatic heterocycles. The lowest BCUT2D eigenvalue weighted by Gasteiger charge is -2.06. The molecule has 0 aliphatic carbocycles. The fraction of sp³-hybridized carbons (Fsp3) is 0.308. The first-order valence-electron chi connectivity index (χ1n) is 5.25. The zero-order valence-corrected chi connectivity index (χ0v) is 9.53. The standard InChI is InChI=1S/C13H17NO2/c1-11(2)10-16-9-8-14-13(15)12-6-4-3-5-7-12/h3-7H,1,8-10H2,2H3,(H,14,15). The van der Waals surface area contributed by atoms with Gasteiger partial charge in [0, 0.05) is 12.1 Å². The molecule has 1 N–H and O–H groups in total. The van der Waals surface area contributed by atoms with E-state index in [2.05, 4.69) is 11.9 Å². The van der Waals surface area contributed by atoms with E-state index in [-0.39, 0.29) is 5.91 Å². The van der Waals surface area contributed by atoms with Crippen molar-refractivity contribution in [2.45, 2.75) is 6.92 Å². The Morgan fingerprint density at radius 2 is 2.06 bits per heavy atom. The molecule has 86 valence electrons. The van der Waals surface area contributed by atoms with Gasteiger partial charge >= 0.3 is 0 Å². The van der Waals surface area contributed by atoms with Crippen LogP contribution in [0.4, 0.5) is 0 Å². The van der Waals surface area contributed by atoms with Crippen LogP contribution in [0, 0.1) is 0 Å². The lowest BCUT2D eigenvalue weighted by Crippen LogP contribution is -2.27. The van der Waals surface area contributed by atoms with Crippen LogP contribution < -0.4 is 5.32 Å². The van der Waals surface area contributed by atoms with Gasteiger partial charge < -0.3 is 10.1 Å². The molecule has 1 amide bonds. The zero-order valence-electron chi connectivity index (χ0n) is 9.53. The average Bonchev–Trinajstić information content (AvgIpc) is 2.29.